The predicted molar refractivity (Wildman–Crippen MR) is 78.4 cm³/mol. The summed E-state index contributed by atoms with van der Waals surface area (Å²) in [6.45, 7) is 3.38. The van der Waals surface area contributed by atoms with Gasteiger partial charge in [0.15, 0.2) is 0 Å². The van der Waals surface area contributed by atoms with E-state index < -0.39 is 0 Å². The Labute approximate surface area is 120 Å². The van der Waals surface area contributed by atoms with Crippen LogP contribution in [0.4, 0.5) is 0 Å². The Hall–Kier alpha value is -1.84. The van der Waals surface area contributed by atoms with Crippen molar-refractivity contribution in [1.29, 1.82) is 0 Å². The second-order valence-corrected chi connectivity index (χ2v) is 5.27. The van der Waals surface area contributed by atoms with Crippen LogP contribution in [0.5, 0.6) is 0 Å². The minimum Gasteiger partial charge on any atom is -0.352 e. The van der Waals surface area contributed by atoms with Crippen molar-refractivity contribution in [1.82, 2.24) is 10.2 Å². The molecule has 4 nitrogen and oxygen atoms in total. The van der Waals surface area contributed by atoms with Gasteiger partial charge in [-0.3, -0.25) is 9.59 Å². The summed E-state index contributed by atoms with van der Waals surface area (Å²) in [5.74, 6) is 0.145. The lowest BCUT2D eigenvalue weighted by Gasteiger charge is -2.33. The van der Waals surface area contributed by atoms with Gasteiger partial charge < -0.3 is 10.2 Å². The van der Waals surface area contributed by atoms with E-state index in [0.29, 0.717) is 18.5 Å². The molecule has 1 fully saturated rings. The van der Waals surface area contributed by atoms with Crippen molar-refractivity contribution in [2.24, 2.45) is 0 Å². The van der Waals surface area contributed by atoms with E-state index >= 15 is 0 Å². The number of hydrogen-bond donors (Lipinski definition) is 1. The van der Waals surface area contributed by atoms with Crippen LogP contribution in [0.1, 0.15) is 43.0 Å². The molecule has 108 valence electrons. The van der Waals surface area contributed by atoms with Gasteiger partial charge in [-0.15, -0.1) is 0 Å². The fourth-order valence-electron chi connectivity index (χ4n) is 2.57. The van der Waals surface area contributed by atoms with Crippen LogP contribution in [0.2, 0.25) is 0 Å². The van der Waals surface area contributed by atoms with Gasteiger partial charge in [0.05, 0.1) is 0 Å². The Morgan fingerprint density at radius 3 is 2.75 bits per heavy atom. The quantitative estimate of drug-likeness (QED) is 0.915. The summed E-state index contributed by atoms with van der Waals surface area (Å²) >= 11 is 0. The Bertz CT molecular complexity index is 459. The maximum Gasteiger partial charge on any atom is 0.253 e. The molecular weight excluding hydrogens is 252 g/mol. The van der Waals surface area contributed by atoms with Crippen LogP contribution in [0, 0.1) is 0 Å². The van der Waals surface area contributed by atoms with Crippen LogP contribution in [-0.2, 0) is 4.79 Å². The second-order valence-electron chi connectivity index (χ2n) is 5.27. The monoisotopic (exact) mass is 274 g/mol. The average molecular weight is 274 g/mol. The third-order valence-electron chi connectivity index (χ3n) is 3.57. The topological polar surface area (TPSA) is 49.4 Å². The molecule has 1 aliphatic heterocycles. The van der Waals surface area contributed by atoms with E-state index in [1.165, 1.54) is 0 Å². The maximum absolute atomic E-state index is 12.4. The SMILES string of the molecule is CCCC(=O)NC1CCCN(C(=O)c2ccccc2)C1. The molecule has 0 bridgehead atoms. The number of piperidine rings is 1. The normalized spacial score (nSPS) is 18.6. The molecule has 1 aliphatic rings. The molecule has 1 N–H and O–H groups in total. The Balaban J connectivity index is 1.93. The summed E-state index contributed by atoms with van der Waals surface area (Å²) < 4.78 is 0. The lowest BCUT2D eigenvalue weighted by molar-refractivity contribution is -0.122. The zero-order chi connectivity index (χ0) is 14.4. The van der Waals surface area contributed by atoms with Gasteiger partial charge in [0, 0.05) is 31.1 Å². The summed E-state index contributed by atoms with van der Waals surface area (Å²) in [5.41, 5.74) is 0.716. The molecule has 1 saturated heterocycles. The Morgan fingerprint density at radius 2 is 2.05 bits per heavy atom. The zero-order valence-corrected chi connectivity index (χ0v) is 12.0. The third kappa shape index (κ3) is 3.83. The van der Waals surface area contributed by atoms with Gasteiger partial charge in [0.1, 0.15) is 0 Å². The molecule has 20 heavy (non-hydrogen) atoms. The van der Waals surface area contributed by atoms with Gasteiger partial charge in [0.25, 0.3) is 5.91 Å². The molecule has 4 heteroatoms. The van der Waals surface area contributed by atoms with Crippen molar-refractivity contribution in [3.63, 3.8) is 0 Å². The first-order chi connectivity index (χ1) is 9.70. The molecule has 2 rings (SSSR count). The van der Waals surface area contributed by atoms with E-state index in [2.05, 4.69) is 5.32 Å². The average Bonchev–Trinajstić information content (AvgIpc) is 2.48. The van der Waals surface area contributed by atoms with Crippen LogP contribution in [-0.4, -0.2) is 35.8 Å². The van der Waals surface area contributed by atoms with Gasteiger partial charge in [-0.1, -0.05) is 25.1 Å². The summed E-state index contributed by atoms with van der Waals surface area (Å²) in [6, 6.07) is 9.41. The van der Waals surface area contributed by atoms with E-state index in [0.717, 1.165) is 25.8 Å². The highest BCUT2D eigenvalue weighted by atomic mass is 16.2. The third-order valence-corrected chi connectivity index (χ3v) is 3.57. The molecule has 1 unspecified atom stereocenters. The minimum absolute atomic E-state index is 0.0556. The van der Waals surface area contributed by atoms with Crippen molar-refractivity contribution in [2.75, 3.05) is 13.1 Å². The Morgan fingerprint density at radius 1 is 1.30 bits per heavy atom. The maximum atomic E-state index is 12.4. The molecule has 1 atom stereocenters. The van der Waals surface area contributed by atoms with Crippen LogP contribution < -0.4 is 5.32 Å². The lowest BCUT2D eigenvalue weighted by atomic mass is 10.0. The number of amides is 2. The molecule has 2 amide bonds. The van der Waals surface area contributed by atoms with E-state index in [9.17, 15) is 9.59 Å². The zero-order valence-electron chi connectivity index (χ0n) is 12.0. The van der Waals surface area contributed by atoms with Crippen molar-refractivity contribution in [3.05, 3.63) is 35.9 Å². The van der Waals surface area contributed by atoms with Crippen LogP contribution in [0.25, 0.3) is 0 Å². The molecule has 0 radical (unpaired) electrons. The lowest BCUT2D eigenvalue weighted by Crippen LogP contribution is -2.49. The highest BCUT2D eigenvalue weighted by Crippen LogP contribution is 2.14. The van der Waals surface area contributed by atoms with Crippen molar-refractivity contribution >= 4 is 11.8 Å². The van der Waals surface area contributed by atoms with Crippen molar-refractivity contribution in [2.45, 2.75) is 38.6 Å². The largest absolute Gasteiger partial charge is 0.352 e. The van der Waals surface area contributed by atoms with Gasteiger partial charge in [-0.05, 0) is 31.4 Å². The highest BCUT2D eigenvalue weighted by Gasteiger charge is 2.25. The molecule has 0 aromatic heterocycles. The van der Waals surface area contributed by atoms with Crippen LogP contribution in [0.15, 0.2) is 30.3 Å². The highest BCUT2D eigenvalue weighted by molar-refractivity contribution is 5.94. The number of rotatable bonds is 4. The van der Waals surface area contributed by atoms with Gasteiger partial charge in [0.2, 0.25) is 5.91 Å². The molecule has 0 aliphatic carbocycles. The van der Waals surface area contributed by atoms with E-state index in [1.807, 2.05) is 42.2 Å². The van der Waals surface area contributed by atoms with Crippen molar-refractivity contribution in [3.8, 4) is 0 Å². The number of benzene rings is 1. The summed E-state index contributed by atoms with van der Waals surface area (Å²) in [4.78, 5) is 25.9. The molecule has 1 aromatic rings. The second kappa shape index (κ2) is 7.08. The number of hydrogen-bond acceptors (Lipinski definition) is 2. The van der Waals surface area contributed by atoms with E-state index in [4.69, 9.17) is 0 Å². The van der Waals surface area contributed by atoms with Gasteiger partial charge in [-0.2, -0.15) is 0 Å². The Kier molecular flexibility index (Phi) is 5.16. The van der Waals surface area contributed by atoms with Crippen molar-refractivity contribution < 1.29 is 9.59 Å². The molecule has 0 spiro atoms. The van der Waals surface area contributed by atoms with Crippen LogP contribution >= 0.6 is 0 Å². The fourth-order valence-corrected chi connectivity index (χ4v) is 2.57. The number of likely N-dealkylation sites (tertiary alicyclic amines) is 1. The number of nitrogens with zero attached hydrogens (tertiary/aromatic N) is 1. The van der Waals surface area contributed by atoms with E-state index in [-0.39, 0.29) is 17.9 Å². The molecule has 1 aromatic carbocycles. The number of nitrogens with one attached hydrogen (secondary N) is 1. The summed E-state index contributed by atoms with van der Waals surface area (Å²) in [7, 11) is 0. The number of carbonyl (C=O) groups is 2. The fraction of sp³-hybridized carbons (Fsp3) is 0.500. The van der Waals surface area contributed by atoms with Gasteiger partial charge in [-0.25, -0.2) is 0 Å². The van der Waals surface area contributed by atoms with Gasteiger partial charge >= 0.3 is 0 Å². The minimum atomic E-state index is 0.0556. The predicted octanol–water partition coefficient (Wildman–Crippen LogP) is 2.21. The summed E-state index contributed by atoms with van der Waals surface area (Å²) in [5, 5.41) is 3.02. The molecular formula is C16H22N2O2. The molecule has 0 saturated carbocycles. The molecule has 1 heterocycles. The first kappa shape index (κ1) is 14.6. The standard InChI is InChI=1S/C16H22N2O2/c1-2-7-15(19)17-14-10-6-11-18(12-14)16(20)13-8-4-3-5-9-13/h3-5,8-9,14H,2,6-7,10-12H2,1H3,(H,17,19). The van der Waals surface area contributed by atoms with Crippen LogP contribution in [0.3, 0.4) is 0 Å². The smallest absolute Gasteiger partial charge is 0.253 e. The number of carbonyl (C=O) groups excluding carboxylic acids is 2. The first-order valence-corrected chi connectivity index (χ1v) is 7.34. The first-order valence-electron chi connectivity index (χ1n) is 7.34. The summed E-state index contributed by atoms with van der Waals surface area (Å²) in [6.07, 6.45) is 3.30. The van der Waals surface area contributed by atoms with E-state index in [1.54, 1.807) is 0 Å².